The maximum Gasteiger partial charge on any atom is 0.306 e. The minimum Gasteiger partial charge on any atom is -0.495 e. The van der Waals surface area contributed by atoms with Crippen LogP contribution in [0, 0.1) is 0 Å². The van der Waals surface area contributed by atoms with Crippen molar-refractivity contribution in [3.63, 3.8) is 0 Å². The molecule has 0 radical (unpaired) electrons. The molecule has 20 heavy (non-hydrogen) atoms. The Balaban J connectivity index is 2.40. The van der Waals surface area contributed by atoms with E-state index in [1.165, 1.54) is 14.0 Å². The highest BCUT2D eigenvalue weighted by atomic mass is 16.5. The molecular formula is C14H17NO5. The Morgan fingerprint density at radius 1 is 1.15 bits per heavy atom. The molecule has 0 aromatic heterocycles. The molecule has 0 saturated heterocycles. The van der Waals surface area contributed by atoms with Gasteiger partial charge in [-0.15, -0.1) is 0 Å². The zero-order chi connectivity index (χ0) is 15.0. The molecule has 108 valence electrons. The van der Waals surface area contributed by atoms with E-state index in [0.29, 0.717) is 11.4 Å². The summed E-state index contributed by atoms with van der Waals surface area (Å²) in [6.45, 7) is 0.996. The van der Waals surface area contributed by atoms with E-state index in [9.17, 15) is 14.4 Å². The first kappa shape index (κ1) is 15.7. The Morgan fingerprint density at radius 2 is 1.85 bits per heavy atom. The molecule has 0 aliphatic rings. The predicted molar refractivity (Wildman–Crippen MR) is 72.5 cm³/mol. The van der Waals surface area contributed by atoms with Crippen LogP contribution in [-0.2, 0) is 19.1 Å². The molecule has 1 aromatic carbocycles. The topological polar surface area (TPSA) is 81.7 Å². The molecule has 1 amide bonds. The van der Waals surface area contributed by atoms with Gasteiger partial charge in [0, 0.05) is 6.42 Å². The summed E-state index contributed by atoms with van der Waals surface area (Å²) in [6, 6.07) is 6.90. The van der Waals surface area contributed by atoms with Crippen LogP contribution in [0.4, 0.5) is 5.69 Å². The van der Waals surface area contributed by atoms with Crippen LogP contribution >= 0.6 is 0 Å². The normalized spacial score (nSPS) is 9.70. The number of para-hydroxylation sites is 2. The minimum atomic E-state index is -0.574. The van der Waals surface area contributed by atoms with E-state index in [-0.39, 0.29) is 18.6 Å². The highest BCUT2D eigenvalue weighted by Crippen LogP contribution is 2.22. The van der Waals surface area contributed by atoms with Gasteiger partial charge in [0.05, 0.1) is 19.2 Å². The molecule has 1 aromatic rings. The van der Waals surface area contributed by atoms with Gasteiger partial charge in [0.1, 0.15) is 11.5 Å². The molecule has 0 saturated carbocycles. The third kappa shape index (κ3) is 5.51. The number of hydrogen-bond donors (Lipinski definition) is 1. The van der Waals surface area contributed by atoms with Gasteiger partial charge in [-0.2, -0.15) is 0 Å². The molecule has 0 fully saturated rings. The Labute approximate surface area is 117 Å². The van der Waals surface area contributed by atoms with Crippen molar-refractivity contribution in [2.24, 2.45) is 0 Å². The number of ether oxygens (including phenoxy) is 2. The van der Waals surface area contributed by atoms with E-state index in [2.05, 4.69) is 5.32 Å². The third-order valence-electron chi connectivity index (χ3n) is 2.43. The van der Waals surface area contributed by atoms with Gasteiger partial charge in [0.2, 0.25) is 0 Å². The van der Waals surface area contributed by atoms with E-state index < -0.39 is 18.5 Å². The number of carbonyl (C=O) groups is 3. The Morgan fingerprint density at radius 3 is 2.50 bits per heavy atom. The summed E-state index contributed by atoms with van der Waals surface area (Å²) in [7, 11) is 1.49. The Kier molecular flexibility index (Phi) is 6.22. The van der Waals surface area contributed by atoms with Gasteiger partial charge in [0.15, 0.2) is 6.61 Å². The van der Waals surface area contributed by atoms with Crippen molar-refractivity contribution in [2.45, 2.75) is 19.8 Å². The quantitative estimate of drug-likeness (QED) is 0.766. The van der Waals surface area contributed by atoms with Gasteiger partial charge < -0.3 is 19.6 Å². The average molecular weight is 279 g/mol. The van der Waals surface area contributed by atoms with Gasteiger partial charge >= 0.3 is 5.97 Å². The average Bonchev–Trinajstić information content (AvgIpc) is 2.43. The van der Waals surface area contributed by atoms with E-state index >= 15 is 0 Å². The van der Waals surface area contributed by atoms with E-state index in [4.69, 9.17) is 9.47 Å². The molecule has 0 bridgehead atoms. The van der Waals surface area contributed by atoms with Gasteiger partial charge in [-0.1, -0.05) is 12.1 Å². The van der Waals surface area contributed by atoms with Crippen molar-refractivity contribution in [3.8, 4) is 5.75 Å². The number of nitrogens with one attached hydrogen (secondary N) is 1. The molecule has 0 atom stereocenters. The number of carbonyl (C=O) groups excluding carboxylic acids is 3. The summed E-state index contributed by atoms with van der Waals surface area (Å²) in [5, 5.41) is 2.57. The lowest BCUT2D eigenvalue weighted by atomic mass is 10.2. The number of anilines is 1. The number of rotatable bonds is 7. The first-order valence-electron chi connectivity index (χ1n) is 6.11. The third-order valence-corrected chi connectivity index (χ3v) is 2.43. The second kappa shape index (κ2) is 7.93. The number of Topliss-reactive ketones (excluding diaryl/α,β-unsaturated/α-hetero) is 1. The van der Waals surface area contributed by atoms with Crippen LogP contribution in [0.3, 0.4) is 0 Å². The fraction of sp³-hybridized carbons (Fsp3) is 0.357. The summed E-state index contributed by atoms with van der Waals surface area (Å²) in [6.07, 6.45) is 0.101. The van der Waals surface area contributed by atoms with Crippen LogP contribution in [0.15, 0.2) is 24.3 Å². The molecular weight excluding hydrogens is 262 g/mol. The van der Waals surface area contributed by atoms with Crippen molar-refractivity contribution >= 4 is 23.3 Å². The maximum absolute atomic E-state index is 11.6. The van der Waals surface area contributed by atoms with Crippen molar-refractivity contribution in [3.05, 3.63) is 24.3 Å². The summed E-state index contributed by atoms with van der Waals surface area (Å²) in [4.78, 5) is 33.6. The fourth-order valence-electron chi connectivity index (χ4n) is 1.43. The van der Waals surface area contributed by atoms with Crippen LogP contribution in [0.25, 0.3) is 0 Å². The van der Waals surface area contributed by atoms with Crippen LogP contribution in [0.5, 0.6) is 5.75 Å². The lowest BCUT2D eigenvalue weighted by molar-refractivity contribution is -0.148. The largest absolute Gasteiger partial charge is 0.495 e. The summed E-state index contributed by atoms with van der Waals surface area (Å²) >= 11 is 0. The standard InChI is InChI=1S/C14H17NO5/c1-10(16)7-8-14(18)20-9-13(17)15-11-5-3-4-6-12(11)19-2/h3-6H,7-9H2,1-2H3,(H,15,17). The molecule has 1 rings (SSSR count). The Bertz CT molecular complexity index is 498. The second-order valence-corrected chi connectivity index (χ2v) is 4.11. The summed E-state index contributed by atoms with van der Waals surface area (Å²) in [5.74, 6) is -0.620. The van der Waals surface area contributed by atoms with Gasteiger partial charge in [-0.25, -0.2) is 0 Å². The summed E-state index contributed by atoms with van der Waals surface area (Å²) in [5.41, 5.74) is 0.500. The molecule has 1 N–H and O–H groups in total. The van der Waals surface area contributed by atoms with Crippen molar-refractivity contribution in [1.29, 1.82) is 0 Å². The lowest BCUT2D eigenvalue weighted by Gasteiger charge is -2.09. The molecule has 0 aliphatic heterocycles. The van der Waals surface area contributed by atoms with Crippen molar-refractivity contribution < 1.29 is 23.9 Å². The first-order valence-corrected chi connectivity index (χ1v) is 6.11. The van der Waals surface area contributed by atoms with Crippen LogP contribution in [-0.4, -0.2) is 31.4 Å². The maximum atomic E-state index is 11.6. The molecule has 0 heterocycles. The smallest absolute Gasteiger partial charge is 0.306 e. The Hall–Kier alpha value is -2.37. The SMILES string of the molecule is COc1ccccc1NC(=O)COC(=O)CCC(C)=O. The summed E-state index contributed by atoms with van der Waals surface area (Å²) < 4.78 is 9.83. The van der Waals surface area contributed by atoms with Gasteiger partial charge in [0.25, 0.3) is 5.91 Å². The number of hydrogen-bond acceptors (Lipinski definition) is 5. The van der Waals surface area contributed by atoms with Crippen molar-refractivity contribution in [2.75, 3.05) is 19.0 Å². The van der Waals surface area contributed by atoms with Gasteiger partial charge in [-0.05, 0) is 19.1 Å². The van der Waals surface area contributed by atoms with E-state index in [0.717, 1.165) is 0 Å². The lowest BCUT2D eigenvalue weighted by Crippen LogP contribution is -2.21. The highest BCUT2D eigenvalue weighted by Gasteiger charge is 2.10. The number of amides is 1. The van der Waals surface area contributed by atoms with Crippen LogP contribution in [0.1, 0.15) is 19.8 Å². The fourth-order valence-corrected chi connectivity index (χ4v) is 1.43. The number of methoxy groups -OCH3 is 1. The molecule has 6 heteroatoms. The van der Waals surface area contributed by atoms with Crippen LogP contribution in [0.2, 0.25) is 0 Å². The number of benzene rings is 1. The van der Waals surface area contributed by atoms with E-state index in [1.807, 2.05) is 0 Å². The molecule has 6 nitrogen and oxygen atoms in total. The zero-order valence-corrected chi connectivity index (χ0v) is 11.5. The zero-order valence-electron chi connectivity index (χ0n) is 11.5. The van der Waals surface area contributed by atoms with Gasteiger partial charge in [-0.3, -0.25) is 9.59 Å². The molecule has 0 aliphatic carbocycles. The van der Waals surface area contributed by atoms with Crippen LogP contribution < -0.4 is 10.1 Å². The first-order chi connectivity index (χ1) is 9.52. The van der Waals surface area contributed by atoms with Crippen molar-refractivity contribution in [1.82, 2.24) is 0 Å². The monoisotopic (exact) mass is 279 g/mol. The number of ketones is 1. The van der Waals surface area contributed by atoms with E-state index in [1.54, 1.807) is 24.3 Å². The predicted octanol–water partition coefficient (Wildman–Crippen LogP) is 1.55. The number of esters is 1. The highest BCUT2D eigenvalue weighted by molar-refractivity contribution is 5.94. The molecule has 0 unspecified atom stereocenters. The minimum absolute atomic E-state index is 0.0166. The second-order valence-electron chi connectivity index (χ2n) is 4.11. The molecule has 0 spiro atoms.